The van der Waals surface area contributed by atoms with Crippen molar-refractivity contribution in [3.63, 3.8) is 0 Å². The van der Waals surface area contributed by atoms with Crippen LogP contribution in [0.5, 0.6) is 0 Å². The Morgan fingerprint density at radius 2 is 2.22 bits per heavy atom. The summed E-state index contributed by atoms with van der Waals surface area (Å²) in [6, 6.07) is 1.52. The van der Waals surface area contributed by atoms with Gasteiger partial charge in [0, 0.05) is 0 Å². The smallest absolute Gasteiger partial charge is 0.338 e. The number of hydrogen-bond donors (Lipinski definition) is 1. The summed E-state index contributed by atoms with van der Waals surface area (Å²) in [5.74, 6) is -0.394. The summed E-state index contributed by atoms with van der Waals surface area (Å²) in [7, 11) is 0. The predicted molar refractivity (Wildman–Crippen MR) is 72.5 cm³/mol. The first kappa shape index (κ1) is 14.0. The van der Waals surface area contributed by atoms with Crippen molar-refractivity contribution in [3.8, 4) is 0 Å². The van der Waals surface area contributed by atoms with Crippen molar-refractivity contribution < 1.29 is 14.3 Å². The van der Waals surface area contributed by atoms with Crippen LogP contribution >= 0.6 is 0 Å². The molecule has 0 aliphatic heterocycles. The van der Waals surface area contributed by atoms with Crippen LogP contribution in [0.2, 0.25) is 0 Å². The Bertz CT molecular complexity index is 490. The highest BCUT2D eigenvalue weighted by atomic mass is 16.4. The molecule has 0 aromatic carbocycles. The van der Waals surface area contributed by atoms with Gasteiger partial charge in [0.1, 0.15) is 12.0 Å². The molecule has 0 bridgehead atoms. The molecule has 0 unspecified atom stereocenters. The fourth-order valence-corrected chi connectivity index (χ4v) is 1.47. The average Bonchev–Trinajstić information content (AvgIpc) is 2.77. The van der Waals surface area contributed by atoms with Crippen LogP contribution in [0.3, 0.4) is 0 Å². The Morgan fingerprint density at radius 3 is 2.78 bits per heavy atom. The van der Waals surface area contributed by atoms with Gasteiger partial charge in [-0.1, -0.05) is 29.9 Å². The van der Waals surface area contributed by atoms with Crippen LogP contribution in [0.1, 0.15) is 42.8 Å². The summed E-state index contributed by atoms with van der Waals surface area (Å²) < 4.78 is 5.16. The molecule has 0 atom stereocenters. The number of furan rings is 1. The van der Waals surface area contributed by atoms with Gasteiger partial charge < -0.3 is 9.52 Å². The van der Waals surface area contributed by atoms with Crippen LogP contribution in [0.4, 0.5) is 0 Å². The molecule has 0 saturated carbocycles. The Labute approximate surface area is 107 Å². The lowest BCUT2D eigenvalue weighted by Crippen LogP contribution is -1.91. The summed E-state index contributed by atoms with van der Waals surface area (Å²) in [6.07, 6.45) is 8.91. The molecule has 18 heavy (non-hydrogen) atoms. The van der Waals surface area contributed by atoms with Gasteiger partial charge >= 0.3 is 5.97 Å². The molecule has 3 heteroatoms. The van der Waals surface area contributed by atoms with E-state index in [2.05, 4.69) is 12.7 Å². The van der Waals surface area contributed by atoms with E-state index < -0.39 is 5.97 Å². The number of rotatable bonds is 6. The van der Waals surface area contributed by atoms with Crippen molar-refractivity contribution in [2.24, 2.45) is 0 Å². The molecule has 0 aliphatic carbocycles. The minimum Gasteiger partial charge on any atom is -0.478 e. The molecule has 1 heterocycles. The van der Waals surface area contributed by atoms with E-state index in [1.165, 1.54) is 12.3 Å². The van der Waals surface area contributed by atoms with E-state index >= 15 is 0 Å². The molecule has 96 valence electrons. The van der Waals surface area contributed by atoms with E-state index in [1.807, 2.05) is 26.0 Å². The van der Waals surface area contributed by atoms with Gasteiger partial charge in [0.15, 0.2) is 0 Å². The zero-order chi connectivity index (χ0) is 13.5. The lowest BCUT2D eigenvalue weighted by molar-refractivity contribution is 0.0696. The summed E-state index contributed by atoms with van der Waals surface area (Å²) >= 11 is 0. The van der Waals surface area contributed by atoms with Crippen LogP contribution in [-0.4, -0.2) is 11.1 Å². The summed E-state index contributed by atoms with van der Waals surface area (Å²) in [5, 5.41) is 8.76. The fraction of sp³-hybridized carbons (Fsp3) is 0.267. The van der Waals surface area contributed by atoms with E-state index in [0.29, 0.717) is 5.76 Å². The first-order chi connectivity index (χ1) is 8.52. The molecule has 1 aromatic rings. The van der Waals surface area contributed by atoms with E-state index in [1.54, 1.807) is 0 Å². The van der Waals surface area contributed by atoms with Gasteiger partial charge in [-0.15, -0.1) is 0 Å². The zero-order valence-corrected chi connectivity index (χ0v) is 10.8. The third kappa shape index (κ3) is 4.45. The van der Waals surface area contributed by atoms with Crippen LogP contribution in [0.15, 0.2) is 46.6 Å². The quantitative estimate of drug-likeness (QED) is 0.761. The third-order valence-corrected chi connectivity index (χ3v) is 2.58. The van der Waals surface area contributed by atoms with Gasteiger partial charge in [-0.2, -0.15) is 0 Å². The zero-order valence-electron chi connectivity index (χ0n) is 10.8. The largest absolute Gasteiger partial charge is 0.478 e. The summed E-state index contributed by atoms with van der Waals surface area (Å²) in [4.78, 5) is 10.7. The minimum absolute atomic E-state index is 0.177. The predicted octanol–water partition coefficient (Wildman–Crippen LogP) is 4.29. The van der Waals surface area contributed by atoms with Crippen LogP contribution < -0.4 is 0 Å². The van der Waals surface area contributed by atoms with Crippen molar-refractivity contribution in [2.45, 2.75) is 26.7 Å². The normalized spacial score (nSPS) is 12.6. The van der Waals surface area contributed by atoms with E-state index in [4.69, 9.17) is 9.52 Å². The number of carboxylic acids is 1. The monoisotopic (exact) mass is 246 g/mol. The second kappa shape index (κ2) is 6.64. The molecule has 0 saturated heterocycles. The van der Waals surface area contributed by atoms with E-state index in [9.17, 15) is 4.79 Å². The Morgan fingerprint density at radius 1 is 1.50 bits per heavy atom. The van der Waals surface area contributed by atoms with E-state index in [0.717, 1.165) is 24.0 Å². The van der Waals surface area contributed by atoms with E-state index in [-0.39, 0.29) is 5.56 Å². The lowest BCUT2D eigenvalue weighted by atomic mass is 10.1. The maximum atomic E-state index is 10.7. The maximum absolute atomic E-state index is 10.7. The Kier molecular flexibility index (Phi) is 5.18. The second-order valence-electron chi connectivity index (χ2n) is 4.22. The average molecular weight is 246 g/mol. The fourth-order valence-electron chi connectivity index (χ4n) is 1.47. The van der Waals surface area contributed by atoms with Gasteiger partial charge in [-0.05, 0) is 38.8 Å². The molecule has 0 aliphatic rings. The molecular formula is C15H18O3. The third-order valence-electron chi connectivity index (χ3n) is 2.58. The molecule has 0 spiro atoms. The summed E-state index contributed by atoms with van der Waals surface area (Å²) in [5.41, 5.74) is 2.49. The Hall–Kier alpha value is -2.03. The first-order valence-corrected chi connectivity index (χ1v) is 5.81. The number of allylic oxidation sites excluding steroid dienone is 4. The topological polar surface area (TPSA) is 50.4 Å². The van der Waals surface area contributed by atoms with Crippen molar-refractivity contribution in [3.05, 3.63) is 53.5 Å². The van der Waals surface area contributed by atoms with Gasteiger partial charge in [0.05, 0.1) is 5.56 Å². The molecule has 0 fully saturated rings. The van der Waals surface area contributed by atoms with Gasteiger partial charge in [-0.3, -0.25) is 0 Å². The SMILES string of the molecule is C=C/C(C)=C\CC/C(C)=C/c1cc(C(=O)O)co1. The Balaban J connectivity index is 2.59. The summed E-state index contributed by atoms with van der Waals surface area (Å²) in [6.45, 7) is 7.70. The standard InChI is InChI=1S/C15H18O3/c1-4-11(2)6-5-7-12(3)8-14-9-13(10-18-14)15(16)17/h4,6,8-10H,1,5,7H2,2-3H3,(H,16,17)/b11-6-,12-8+. The maximum Gasteiger partial charge on any atom is 0.338 e. The molecule has 1 rings (SSSR count). The number of hydrogen-bond acceptors (Lipinski definition) is 2. The van der Waals surface area contributed by atoms with Gasteiger partial charge in [0.25, 0.3) is 0 Å². The number of carbonyl (C=O) groups is 1. The van der Waals surface area contributed by atoms with Crippen molar-refractivity contribution in [2.75, 3.05) is 0 Å². The number of carboxylic acid groups (broad SMARTS) is 1. The molecule has 3 nitrogen and oxygen atoms in total. The molecule has 1 aromatic heterocycles. The highest BCUT2D eigenvalue weighted by molar-refractivity contribution is 5.87. The van der Waals surface area contributed by atoms with Crippen molar-refractivity contribution in [1.82, 2.24) is 0 Å². The van der Waals surface area contributed by atoms with Crippen LogP contribution in [0, 0.1) is 0 Å². The molecular weight excluding hydrogens is 228 g/mol. The molecule has 0 radical (unpaired) electrons. The first-order valence-electron chi connectivity index (χ1n) is 5.81. The van der Waals surface area contributed by atoms with Crippen molar-refractivity contribution >= 4 is 12.0 Å². The highest BCUT2D eigenvalue weighted by Gasteiger charge is 2.06. The lowest BCUT2D eigenvalue weighted by Gasteiger charge is -1.97. The molecule has 0 amide bonds. The van der Waals surface area contributed by atoms with Crippen molar-refractivity contribution in [1.29, 1.82) is 0 Å². The molecule has 1 N–H and O–H groups in total. The number of aromatic carboxylic acids is 1. The highest BCUT2D eigenvalue weighted by Crippen LogP contribution is 2.15. The minimum atomic E-state index is -0.972. The second-order valence-corrected chi connectivity index (χ2v) is 4.22. The van der Waals surface area contributed by atoms with Gasteiger partial charge in [-0.25, -0.2) is 4.79 Å². The van der Waals surface area contributed by atoms with Crippen LogP contribution in [-0.2, 0) is 0 Å². The van der Waals surface area contributed by atoms with Crippen LogP contribution in [0.25, 0.3) is 6.08 Å². The van der Waals surface area contributed by atoms with Gasteiger partial charge in [0.2, 0.25) is 0 Å².